The molecule has 1 N–H and O–H groups in total. The Morgan fingerprint density at radius 3 is 2.28 bits per heavy atom. The van der Waals surface area contributed by atoms with Crippen LogP contribution in [0.3, 0.4) is 0 Å². The van der Waals surface area contributed by atoms with Crippen LogP contribution in [0, 0.1) is 5.92 Å². The second-order valence-corrected chi connectivity index (χ2v) is 6.34. The first-order valence-corrected chi connectivity index (χ1v) is 6.58. The van der Waals surface area contributed by atoms with Gasteiger partial charge in [-0.25, -0.2) is 4.79 Å². The highest BCUT2D eigenvalue weighted by Gasteiger charge is 2.45. The number of ether oxygens (including phenoxy) is 2. The van der Waals surface area contributed by atoms with Crippen LogP contribution in [-0.2, 0) is 9.47 Å². The largest absolute Gasteiger partial charge is 0.444 e. The molecule has 2 heterocycles. The van der Waals surface area contributed by atoms with Crippen LogP contribution < -0.4 is 0 Å². The number of carbonyl (C=O) groups excluding carboxylic acids is 1. The smallest absolute Gasteiger partial charge is 0.410 e. The maximum Gasteiger partial charge on any atom is 0.410 e. The fourth-order valence-corrected chi connectivity index (χ4v) is 2.47. The highest BCUT2D eigenvalue weighted by atomic mass is 16.6. The number of rotatable bonds is 1. The molecule has 5 heteroatoms. The second-order valence-electron chi connectivity index (χ2n) is 6.34. The zero-order valence-corrected chi connectivity index (χ0v) is 11.4. The van der Waals surface area contributed by atoms with Crippen LogP contribution in [0.25, 0.3) is 0 Å². The molecule has 2 fully saturated rings. The Balaban J connectivity index is 1.81. The first-order chi connectivity index (χ1) is 8.30. The maximum atomic E-state index is 11.9. The molecular weight excluding hydrogens is 234 g/mol. The molecule has 0 aliphatic carbocycles. The minimum Gasteiger partial charge on any atom is -0.444 e. The molecule has 18 heavy (non-hydrogen) atoms. The van der Waals surface area contributed by atoms with Gasteiger partial charge in [-0.3, -0.25) is 0 Å². The van der Waals surface area contributed by atoms with E-state index in [-0.39, 0.29) is 12.0 Å². The fourth-order valence-electron chi connectivity index (χ4n) is 2.47. The van der Waals surface area contributed by atoms with Gasteiger partial charge in [0, 0.05) is 13.1 Å². The zero-order valence-electron chi connectivity index (χ0n) is 11.4. The molecule has 0 aromatic carbocycles. The summed E-state index contributed by atoms with van der Waals surface area (Å²) in [4.78, 5) is 13.6. The van der Waals surface area contributed by atoms with E-state index >= 15 is 0 Å². The van der Waals surface area contributed by atoms with Crippen LogP contribution in [-0.4, -0.2) is 53.6 Å². The molecule has 2 aliphatic rings. The maximum absolute atomic E-state index is 11.9. The van der Waals surface area contributed by atoms with Crippen molar-refractivity contribution in [2.75, 3.05) is 26.3 Å². The third-order valence-electron chi connectivity index (χ3n) is 3.61. The van der Waals surface area contributed by atoms with Gasteiger partial charge in [-0.2, -0.15) is 0 Å². The van der Waals surface area contributed by atoms with E-state index in [4.69, 9.17) is 9.47 Å². The third-order valence-corrected chi connectivity index (χ3v) is 3.61. The van der Waals surface area contributed by atoms with Gasteiger partial charge in [-0.05, 0) is 39.5 Å². The number of piperidine rings is 1. The van der Waals surface area contributed by atoms with Gasteiger partial charge in [0.25, 0.3) is 0 Å². The Labute approximate surface area is 108 Å². The summed E-state index contributed by atoms with van der Waals surface area (Å²) in [5.74, 6) is 0.241. The molecule has 2 rings (SSSR count). The van der Waals surface area contributed by atoms with E-state index in [2.05, 4.69) is 0 Å². The molecule has 104 valence electrons. The molecular formula is C13H23NO4. The summed E-state index contributed by atoms with van der Waals surface area (Å²) in [6.45, 7) is 7.78. The van der Waals surface area contributed by atoms with Gasteiger partial charge in [0.05, 0.1) is 13.2 Å². The molecule has 5 nitrogen and oxygen atoms in total. The predicted molar refractivity (Wildman–Crippen MR) is 66.3 cm³/mol. The number of hydrogen-bond donors (Lipinski definition) is 1. The number of amides is 1. The van der Waals surface area contributed by atoms with Crippen molar-refractivity contribution in [1.29, 1.82) is 0 Å². The molecule has 0 atom stereocenters. The quantitative estimate of drug-likeness (QED) is 0.771. The Bertz CT molecular complexity index is 311. The minimum atomic E-state index is -0.653. The standard InChI is InChI=1S/C13H23NO4/c1-12(2,3)18-11(15)14-6-4-10(5-7-14)13(16)8-17-9-13/h10,16H,4-9H2,1-3H3. The van der Waals surface area contributed by atoms with E-state index in [1.165, 1.54) is 0 Å². The summed E-state index contributed by atoms with van der Waals surface area (Å²) in [6.07, 6.45) is 1.39. The normalized spacial score (nSPS) is 24.6. The second kappa shape index (κ2) is 4.70. The minimum absolute atomic E-state index is 0.241. The lowest BCUT2D eigenvalue weighted by atomic mass is 9.79. The van der Waals surface area contributed by atoms with Crippen LogP contribution in [0.15, 0.2) is 0 Å². The van der Waals surface area contributed by atoms with Crippen molar-refractivity contribution in [3.8, 4) is 0 Å². The molecule has 0 aromatic heterocycles. The van der Waals surface area contributed by atoms with E-state index in [1.54, 1.807) is 4.90 Å². The van der Waals surface area contributed by atoms with Crippen LogP contribution in [0.2, 0.25) is 0 Å². The van der Waals surface area contributed by atoms with E-state index in [0.29, 0.717) is 26.3 Å². The van der Waals surface area contributed by atoms with Crippen LogP contribution >= 0.6 is 0 Å². The first kappa shape index (κ1) is 13.6. The monoisotopic (exact) mass is 257 g/mol. The summed E-state index contributed by atoms with van der Waals surface area (Å²) >= 11 is 0. The summed E-state index contributed by atoms with van der Waals surface area (Å²) in [5, 5.41) is 10.2. The van der Waals surface area contributed by atoms with Crippen molar-refractivity contribution in [2.45, 2.75) is 44.8 Å². The summed E-state index contributed by atoms with van der Waals surface area (Å²) < 4.78 is 10.4. The lowest BCUT2D eigenvalue weighted by Crippen LogP contribution is -2.58. The molecule has 1 amide bonds. The molecule has 0 aromatic rings. The van der Waals surface area contributed by atoms with Gasteiger partial charge in [-0.15, -0.1) is 0 Å². The average Bonchev–Trinajstić information content (AvgIpc) is 2.24. The van der Waals surface area contributed by atoms with Crippen molar-refractivity contribution in [1.82, 2.24) is 4.90 Å². The van der Waals surface area contributed by atoms with E-state index in [1.807, 2.05) is 20.8 Å². The highest BCUT2D eigenvalue weighted by molar-refractivity contribution is 5.68. The number of hydrogen-bond acceptors (Lipinski definition) is 4. The molecule has 0 unspecified atom stereocenters. The van der Waals surface area contributed by atoms with Crippen molar-refractivity contribution in [3.05, 3.63) is 0 Å². The fraction of sp³-hybridized carbons (Fsp3) is 0.923. The number of carbonyl (C=O) groups is 1. The van der Waals surface area contributed by atoms with Crippen molar-refractivity contribution in [3.63, 3.8) is 0 Å². The molecule has 0 spiro atoms. The van der Waals surface area contributed by atoms with E-state index in [9.17, 15) is 9.90 Å². The molecule has 0 saturated carbocycles. The van der Waals surface area contributed by atoms with Crippen molar-refractivity contribution >= 4 is 6.09 Å². The highest BCUT2D eigenvalue weighted by Crippen LogP contribution is 2.34. The predicted octanol–water partition coefficient (Wildman–Crippen LogP) is 1.39. The van der Waals surface area contributed by atoms with Gasteiger partial charge in [0.15, 0.2) is 0 Å². The summed E-state index contributed by atoms with van der Waals surface area (Å²) in [5.41, 5.74) is -1.10. The Morgan fingerprint density at radius 1 is 1.33 bits per heavy atom. The summed E-state index contributed by atoms with van der Waals surface area (Å²) in [6, 6.07) is 0. The van der Waals surface area contributed by atoms with Crippen LogP contribution in [0.4, 0.5) is 4.79 Å². The molecule has 2 saturated heterocycles. The topological polar surface area (TPSA) is 59.0 Å². The van der Waals surface area contributed by atoms with Gasteiger partial charge in [0.2, 0.25) is 0 Å². The lowest BCUT2D eigenvalue weighted by molar-refractivity contribution is -0.213. The van der Waals surface area contributed by atoms with Gasteiger partial charge in [-0.1, -0.05) is 0 Å². The number of nitrogens with zero attached hydrogens (tertiary/aromatic N) is 1. The van der Waals surface area contributed by atoms with Gasteiger partial charge >= 0.3 is 6.09 Å². The summed E-state index contributed by atoms with van der Waals surface area (Å²) in [7, 11) is 0. The molecule has 2 aliphatic heterocycles. The Morgan fingerprint density at radius 2 is 1.89 bits per heavy atom. The van der Waals surface area contributed by atoms with Gasteiger partial charge < -0.3 is 19.5 Å². The van der Waals surface area contributed by atoms with Crippen LogP contribution in [0.5, 0.6) is 0 Å². The first-order valence-electron chi connectivity index (χ1n) is 6.58. The molecule has 0 radical (unpaired) electrons. The van der Waals surface area contributed by atoms with Crippen molar-refractivity contribution < 1.29 is 19.4 Å². The number of likely N-dealkylation sites (tertiary alicyclic amines) is 1. The Kier molecular flexibility index (Phi) is 3.56. The zero-order chi connectivity index (χ0) is 13.4. The number of aliphatic hydroxyl groups is 1. The van der Waals surface area contributed by atoms with Crippen molar-refractivity contribution in [2.24, 2.45) is 5.92 Å². The van der Waals surface area contributed by atoms with E-state index < -0.39 is 11.2 Å². The average molecular weight is 257 g/mol. The van der Waals surface area contributed by atoms with Gasteiger partial charge in [0.1, 0.15) is 11.2 Å². The van der Waals surface area contributed by atoms with E-state index in [0.717, 1.165) is 12.8 Å². The Hall–Kier alpha value is -0.810. The SMILES string of the molecule is CC(C)(C)OC(=O)N1CCC(C2(O)COC2)CC1. The molecule has 0 bridgehead atoms. The third kappa shape index (κ3) is 2.95. The van der Waals surface area contributed by atoms with Crippen LogP contribution in [0.1, 0.15) is 33.6 Å². The lowest BCUT2D eigenvalue weighted by Gasteiger charge is -2.46.